The summed E-state index contributed by atoms with van der Waals surface area (Å²) >= 11 is 3.38. The van der Waals surface area contributed by atoms with Gasteiger partial charge in [0.2, 0.25) is 0 Å². The molecule has 1 heterocycles. The van der Waals surface area contributed by atoms with Crippen molar-refractivity contribution in [2.45, 2.75) is 31.7 Å². The van der Waals surface area contributed by atoms with Crippen molar-refractivity contribution in [3.8, 4) is 5.75 Å². The first-order chi connectivity index (χ1) is 9.67. The van der Waals surface area contributed by atoms with Crippen molar-refractivity contribution < 1.29 is 14.6 Å². The summed E-state index contributed by atoms with van der Waals surface area (Å²) < 4.78 is 6.19. The minimum absolute atomic E-state index is 0.00694. The number of nitrogens with zero attached hydrogens (tertiary/aromatic N) is 1. The molecule has 1 N–H and O–H groups in total. The maximum absolute atomic E-state index is 12.7. The molecule has 1 unspecified atom stereocenters. The molecule has 1 aliphatic rings. The molecule has 1 atom stereocenters. The fraction of sp³-hybridized carbons (Fsp3) is 0.533. The van der Waals surface area contributed by atoms with Crippen LogP contribution in [0.3, 0.4) is 0 Å². The molecule has 5 heteroatoms. The van der Waals surface area contributed by atoms with Gasteiger partial charge in [-0.2, -0.15) is 0 Å². The minimum atomic E-state index is -0.00694. The smallest absolute Gasteiger partial charge is 0.257 e. The van der Waals surface area contributed by atoms with E-state index in [0.717, 1.165) is 30.3 Å². The monoisotopic (exact) mass is 341 g/mol. The number of rotatable bonds is 4. The van der Waals surface area contributed by atoms with Crippen LogP contribution in [0.4, 0.5) is 0 Å². The van der Waals surface area contributed by atoms with Gasteiger partial charge in [-0.25, -0.2) is 0 Å². The Kier molecular flexibility index (Phi) is 5.43. The van der Waals surface area contributed by atoms with Crippen LogP contribution in [0.2, 0.25) is 0 Å². The highest BCUT2D eigenvalue weighted by molar-refractivity contribution is 9.10. The largest absolute Gasteiger partial charge is 0.496 e. The molecule has 1 aromatic rings. The number of hydrogen-bond donors (Lipinski definition) is 1. The van der Waals surface area contributed by atoms with Crippen molar-refractivity contribution in [3.05, 3.63) is 28.2 Å². The Labute approximate surface area is 127 Å². The average molecular weight is 342 g/mol. The van der Waals surface area contributed by atoms with Gasteiger partial charge in [0.05, 0.1) is 12.7 Å². The van der Waals surface area contributed by atoms with E-state index < -0.39 is 0 Å². The number of carbonyl (C=O) groups excluding carboxylic acids is 1. The van der Waals surface area contributed by atoms with E-state index in [4.69, 9.17) is 9.84 Å². The van der Waals surface area contributed by atoms with Gasteiger partial charge in [-0.1, -0.05) is 15.9 Å². The Hall–Kier alpha value is -1.07. The predicted molar refractivity (Wildman–Crippen MR) is 81.1 cm³/mol. The Morgan fingerprint density at radius 1 is 1.50 bits per heavy atom. The van der Waals surface area contributed by atoms with E-state index in [1.807, 2.05) is 11.0 Å². The third kappa shape index (κ3) is 3.33. The molecule has 1 amide bonds. The minimum Gasteiger partial charge on any atom is -0.496 e. The first-order valence-corrected chi connectivity index (χ1v) is 7.72. The first kappa shape index (κ1) is 15.3. The molecule has 0 aromatic heterocycles. The molecule has 0 bridgehead atoms. The van der Waals surface area contributed by atoms with Gasteiger partial charge in [-0.3, -0.25) is 4.79 Å². The van der Waals surface area contributed by atoms with Crippen LogP contribution in [0.15, 0.2) is 22.7 Å². The maximum Gasteiger partial charge on any atom is 0.257 e. The fourth-order valence-electron chi connectivity index (χ4n) is 2.71. The number of piperidine rings is 1. The van der Waals surface area contributed by atoms with E-state index in [2.05, 4.69) is 15.9 Å². The highest BCUT2D eigenvalue weighted by atomic mass is 79.9. The van der Waals surface area contributed by atoms with Gasteiger partial charge in [-0.05, 0) is 43.9 Å². The van der Waals surface area contributed by atoms with Crippen LogP contribution in [0, 0.1) is 0 Å². The third-order valence-corrected chi connectivity index (χ3v) is 4.24. The van der Waals surface area contributed by atoms with Crippen LogP contribution in [0.25, 0.3) is 0 Å². The predicted octanol–water partition coefficient (Wildman–Crippen LogP) is 2.83. The van der Waals surface area contributed by atoms with Crippen molar-refractivity contribution in [3.63, 3.8) is 0 Å². The number of carbonyl (C=O) groups is 1. The number of hydrogen-bond acceptors (Lipinski definition) is 3. The van der Waals surface area contributed by atoms with Gasteiger partial charge < -0.3 is 14.7 Å². The molecule has 0 radical (unpaired) electrons. The van der Waals surface area contributed by atoms with Crippen LogP contribution in [0.5, 0.6) is 5.75 Å². The van der Waals surface area contributed by atoms with Crippen molar-refractivity contribution >= 4 is 21.8 Å². The Balaban J connectivity index is 2.24. The van der Waals surface area contributed by atoms with Crippen molar-refractivity contribution in [2.75, 3.05) is 20.3 Å². The number of halogens is 1. The normalized spacial score (nSPS) is 18.9. The number of methoxy groups -OCH3 is 1. The van der Waals surface area contributed by atoms with Gasteiger partial charge in [0, 0.05) is 23.7 Å². The van der Waals surface area contributed by atoms with Gasteiger partial charge >= 0.3 is 0 Å². The average Bonchev–Trinajstić information content (AvgIpc) is 2.47. The molecule has 1 aliphatic heterocycles. The summed E-state index contributed by atoms with van der Waals surface area (Å²) in [6, 6.07) is 5.57. The summed E-state index contributed by atoms with van der Waals surface area (Å²) in [5.41, 5.74) is 0.584. The second-order valence-electron chi connectivity index (χ2n) is 5.01. The lowest BCUT2D eigenvalue weighted by Crippen LogP contribution is -2.44. The summed E-state index contributed by atoms with van der Waals surface area (Å²) in [5.74, 6) is 0.574. The van der Waals surface area contributed by atoms with Gasteiger partial charge in [0.25, 0.3) is 5.91 Å². The Morgan fingerprint density at radius 3 is 3.00 bits per heavy atom. The zero-order valence-corrected chi connectivity index (χ0v) is 13.2. The lowest BCUT2D eigenvalue weighted by molar-refractivity contribution is 0.0571. The molecule has 1 fully saturated rings. The summed E-state index contributed by atoms with van der Waals surface area (Å²) in [7, 11) is 1.57. The molecule has 110 valence electrons. The summed E-state index contributed by atoms with van der Waals surface area (Å²) in [6.45, 7) is 0.870. The van der Waals surface area contributed by atoms with E-state index in [0.29, 0.717) is 17.7 Å². The van der Waals surface area contributed by atoms with Gasteiger partial charge in [0.15, 0.2) is 0 Å². The molecular weight excluding hydrogens is 322 g/mol. The highest BCUT2D eigenvalue weighted by Crippen LogP contribution is 2.28. The van der Waals surface area contributed by atoms with Crippen molar-refractivity contribution in [2.24, 2.45) is 0 Å². The number of likely N-dealkylation sites (tertiary alicyclic amines) is 1. The molecule has 4 nitrogen and oxygen atoms in total. The lowest BCUT2D eigenvalue weighted by atomic mass is 9.98. The second-order valence-corrected chi connectivity index (χ2v) is 5.92. The molecule has 1 aromatic carbocycles. The summed E-state index contributed by atoms with van der Waals surface area (Å²) in [5, 5.41) is 9.16. The van der Waals surface area contributed by atoms with Gasteiger partial charge in [-0.15, -0.1) is 0 Å². The zero-order chi connectivity index (χ0) is 14.5. The van der Waals surface area contributed by atoms with Crippen LogP contribution >= 0.6 is 15.9 Å². The van der Waals surface area contributed by atoms with Crippen LogP contribution < -0.4 is 4.74 Å². The molecule has 1 saturated heterocycles. The highest BCUT2D eigenvalue weighted by Gasteiger charge is 2.28. The van der Waals surface area contributed by atoms with E-state index in [1.54, 1.807) is 19.2 Å². The number of aliphatic hydroxyl groups is 1. The molecular formula is C15H20BrNO3. The van der Waals surface area contributed by atoms with Gasteiger partial charge in [0.1, 0.15) is 5.75 Å². The second kappa shape index (κ2) is 7.09. The summed E-state index contributed by atoms with van der Waals surface area (Å²) in [4.78, 5) is 14.6. The zero-order valence-electron chi connectivity index (χ0n) is 11.6. The number of benzene rings is 1. The van der Waals surface area contributed by atoms with Crippen LogP contribution in [0.1, 0.15) is 36.0 Å². The molecule has 0 spiro atoms. The quantitative estimate of drug-likeness (QED) is 0.915. The number of amides is 1. The Bertz CT molecular complexity index is 476. The standard InChI is InChI=1S/C15H20BrNO3/c1-20-14-10-11(16)5-6-13(14)15(19)17-8-3-2-4-12(17)7-9-18/h5-6,10,12,18H,2-4,7-9H2,1H3. The van der Waals surface area contributed by atoms with E-state index >= 15 is 0 Å². The first-order valence-electron chi connectivity index (χ1n) is 6.92. The van der Waals surface area contributed by atoms with E-state index in [-0.39, 0.29) is 18.6 Å². The SMILES string of the molecule is COc1cc(Br)ccc1C(=O)N1CCCCC1CCO. The molecule has 2 rings (SSSR count). The lowest BCUT2D eigenvalue weighted by Gasteiger charge is -2.35. The Morgan fingerprint density at radius 2 is 2.30 bits per heavy atom. The van der Waals surface area contributed by atoms with E-state index in [9.17, 15) is 4.79 Å². The number of ether oxygens (including phenoxy) is 1. The summed E-state index contributed by atoms with van der Waals surface area (Å²) in [6.07, 6.45) is 3.74. The molecule has 0 aliphatic carbocycles. The van der Waals surface area contributed by atoms with Crippen molar-refractivity contribution in [1.82, 2.24) is 4.90 Å². The van der Waals surface area contributed by atoms with E-state index in [1.165, 1.54) is 0 Å². The van der Waals surface area contributed by atoms with Crippen molar-refractivity contribution in [1.29, 1.82) is 0 Å². The maximum atomic E-state index is 12.7. The molecule has 20 heavy (non-hydrogen) atoms. The third-order valence-electron chi connectivity index (χ3n) is 3.74. The molecule has 0 saturated carbocycles. The van der Waals surface area contributed by atoms with Crippen LogP contribution in [-0.4, -0.2) is 42.2 Å². The number of aliphatic hydroxyl groups excluding tert-OH is 1. The topological polar surface area (TPSA) is 49.8 Å². The van der Waals surface area contributed by atoms with Crippen LogP contribution in [-0.2, 0) is 0 Å². The fourth-order valence-corrected chi connectivity index (χ4v) is 3.05.